The standard InChI is InChI=1S/C34H49N5O6S/c1-20(22-9-11-23(12-10-22)27-21(2)35-19-46-27)36-30(42)26-17-25(40)18-39(26)31(43)28(33(3,4)5)37-29(41)24-13-15-38(16-14-24)32(44)45-34(6,7)8/h9-12,19-20,24-26,28,40H,13-18H2,1-8H3,(H,36,42)(H,37,41)/t20-,25+,26-,28+/m0/s1. The molecule has 11 nitrogen and oxygen atoms in total. The largest absolute Gasteiger partial charge is 0.444 e. The lowest BCUT2D eigenvalue weighted by atomic mass is 9.84. The zero-order chi connectivity index (χ0) is 34.0. The van der Waals surface area contributed by atoms with Crippen molar-refractivity contribution in [1.29, 1.82) is 0 Å². The van der Waals surface area contributed by atoms with Crippen LogP contribution in [0.15, 0.2) is 29.8 Å². The SMILES string of the molecule is Cc1ncsc1-c1ccc([C@H](C)NC(=O)[C@@H]2C[C@@H](O)CN2C(=O)[C@@H](NC(=O)C2CCN(C(=O)OC(C)(C)C)CC2)C(C)(C)C)cc1. The molecule has 4 atom stereocenters. The van der Waals surface area contributed by atoms with E-state index in [2.05, 4.69) is 15.6 Å². The second-order valence-electron chi connectivity index (χ2n) is 14.6. The number of likely N-dealkylation sites (tertiary alicyclic amines) is 2. The Morgan fingerprint density at radius 1 is 1.00 bits per heavy atom. The number of piperidine rings is 1. The van der Waals surface area contributed by atoms with Crippen LogP contribution in [0.25, 0.3) is 10.4 Å². The number of nitrogens with one attached hydrogen (secondary N) is 2. The third kappa shape index (κ3) is 8.64. The zero-order valence-corrected chi connectivity index (χ0v) is 29.1. The summed E-state index contributed by atoms with van der Waals surface area (Å²) in [5.41, 5.74) is 3.49. The van der Waals surface area contributed by atoms with E-state index in [9.17, 15) is 24.3 Å². The van der Waals surface area contributed by atoms with E-state index < -0.39 is 41.2 Å². The molecule has 0 bridgehead atoms. The summed E-state index contributed by atoms with van der Waals surface area (Å²) < 4.78 is 5.46. The lowest BCUT2D eigenvalue weighted by molar-refractivity contribution is -0.145. The number of aryl methyl sites for hydroxylation is 1. The van der Waals surface area contributed by atoms with Crippen LogP contribution in [0.1, 0.15) is 85.0 Å². The highest BCUT2D eigenvalue weighted by atomic mass is 32.1. The predicted molar refractivity (Wildman–Crippen MR) is 177 cm³/mol. The summed E-state index contributed by atoms with van der Waals surface area (Å²) in [5, 5.41) is 16.6. The number of aromatic nitrogens is 1. The van der Waals surface area contributed by atoms with Crippen LogP contribution in [0.5, 0.6) is 0 Å². The molecule has 1 aromatic carbocycles. The van der Waals surface area contributed by atoms with Gasteiger partial charge in [-0.1, -0.05) is 45.0 Å². The van der Waals surface area contributed by atoms with E-state index in [4.69, 9.17) is 4.74 Å². The number of aliphatic hydroxyl groups excluding tert-OH is 1. The molecule has 0 aliphatic carbocycles. The Morgan fingerprint density at radius 3 is 2.17 bits per heavy atom. The molecular weight excluding hydrogens is 606 g/mol. The number of carbonyl (C=O) groups is 4. The predicted octanol–water partition coefficient (Wildman–Crippen LogP) is 4.44. The molecule has 252 valence electrons. The first kappa shape index (κ1) is 35.3. The molecule has 2 aromatic rings. The highest BCUT2D eigenvalue weighted by Gasteiger charge is 2.45. The summed E-state index contributed by atoms with van der Waals surface area (Å²) in [6.07, 6.45) is -0.241. The Kier molecular flexibility index (Phi) is 10.8. The van der Waals surface area contributed by atoms with Crippen molar-refractivity contribution in [3.05, 3.63) is 41.0 Å². The Bertz CT molecular complexity index is 1400. The van der Waals surface area contributed by atoms with Crippen molar-refractivity contribution in [2.45, 2.75) is 104 Å². The van der Waals surface area contributed by atoms with Crippen LogP contribution < -0.4 is 10.6 Å². The number of benzene rings is 1. The van der Waals surface area contributed by atoms with Gasteiger partial charge in [-0.15, -0.1) is 11.3 Å². The minimum atomic E-state index is -0.912. The lowest BCUT2D eigenvalue weighted by Gasteiger charge is -2.37. The number of nitrogens with zero attached hydrogens (tertiary/aromatic N) is 3. The monoisotopic (exact) mass is 655 g/mol. The minimum absolute atomic E-state index is 0.00489. The highest BCUT2D eigenvalue weighted by Crippen LogP contribution is 2.30. The first-order valence-corrected chi connectivity index (χ1v) is 16.9. The quantitative estimate of drug-likeness (QED) is 0.401. The van der Waals surface area contributed by atoms with E-state index >= 15 is 0 Å². The van der Waals surface area contributed by atoms with E-state index in [0.29, 0.717) is 25.9 Å². The Hall–Kier alpha value is -3.51. The second kappa shape index (κ2) is 14.1. The molecular formula is C34H49N5O6S. The Balaban J connectivity index is 1.39. The van der Waals surface area contributed by atoms with Crippen LogP contribution in [-0.4, -0.2) is 87.1 Å². The number of ether oxygens (including phenoxy) is 1. The van der Waals surface area contributed by atoms with Gasteiger partial charge < -0.3 is 30.3 Å². The summed E-state index contributed by atoms with van der Waals surface area (Å²) in [7, 11) is 0. The number of β-amino-alcohol motifs (C(OH)–C–C–N with tert-alkyl or cyclic N) is 1. The second-order valence-corrected chi connectivity index (χ2v) is 15.4. The van der Waals surface area contributed by atoms with Crippen LogP contribution in [-0.2, 0) is 19.1 Å². The van der Waals surface area contributed by atoms with Crippen molar-refractivity contribution in [3.63, 3.8) is 0 Å². The molecule has 4 rings (SSSR count). The van der Waals surface area contributed by atoms with Gasteiger partial charge in [0.15, 0.2) is 0 Å². The molecule has 0 saturated carbocycles. The molecule has 3 N–H and O–H groups in total. The average Bonchev–Trinajstić information content (AvgIpc) is 3.59. The number of hydrogen-bond acceptors (Lipinski definition) is 8. The van der Waals surface area contributed by atoms with Gasteiger partial charge in [0.05, 0.1) is 28.2 Å². The third-order valence-corrected chi connectivity index (χ3v) is 9.54. The van der Waals surface area contributed by atoms with Gasteiger partial charge in [-0.2, -0.15) is 0 Å². The van der Waals surface area contributed by atoms with E-state index in [1.807, 2.05) is 85.2 Å². The fourth-order valence-electron chi connectivity index (χ4n) is 5.93. The van der Waals surface area contributed by atoms with Crippen molar-refractivity contribution in [2.24, 2.45) is 11.3 Å². The number of hydrogen-bond donors (Lipinski definition) is 3. The summed E-state index contributed by atoms with van der Waals surface area (Å²) in [6, 6.07) is 5.83. The molecule has 2 aliphatic heterocycles. The van der Waals surface area contributed by atoms with Gasteiger partial charge in [0.2, 0.25) is 17.7 Å². The third-order valence-electron chi connectivity index (χ3n) is 8.56. The number of rotatable bonds is 7. The molecule has 2 aliphatic rings. The molecule has 3 heterocycles. The van der Waals surface area contributed by atoms with Gasteiger partial charge >= 0.3 is 6.09 Å². The maximum absolute atomic E-state index is 14.0. The van der Waals surface area contributed by atoms with Crippen molar-refractivity contribution in [3.8, 4) is 10.4 Å². The molecule has 0 radical (unpaired) electrons. The molecule has 0 unspecified atom stereocenters. The molecule has 4 amide bonds. The number of amides is 4. The number of aliphatic hydroxyl groups is 1. The van der Waals surface area contributed by atoms with Crippen molar-refractivity contribution >= 4 is 35.2 Å². The van der Waals surface area contributed by atoms with E-state index in [1.54, 1.807) is 16.2 Å². The van der Waals surface area contributed by atoms with E-state index in [0.717, 1.165) is 21.7 Å². The Labute approximate surface area is 276 Å². The number of thiazole rings is 1. The molecule has 1 aromatic heterocycles. The molecule has 12 heteroatoms. The number of carbonyl (C=O) groups excluding carboxylic acids is 4. The fourth-order valence-corrected chi connectivity index (χ4v) is 6.74. The lowest BCUT2D eigenvalue weighted by Crippen LogP contribution is -2.59. The topological polar surface area (TPSA) is 141 Å². The van der Waals surface area contributed by atoms with Crippen molar-refractivity contribution < 1.29 is 29.0 Å². The smallest absolute Gasteiger partial charge is 0.410 e. The van der Waals surface area contributed by atoms with Gasteiger partial charge in [0.1, 0.15) is 17.7 Å². The fraction of sp³-hybridized carbons (Fsp3) is 0.618. The van der Waals surface area contributed by atoms with Crippen LogP contribution in [0.2, 0.25) is 0 Å². The van der Waals surface area contributed by atoms with Gasteiger partial charge in [-0.3, -0.25) is 14.4 Å². The first-order chi connectivity index (χ1) is 21.4. The summed E-state index contributed by atoms with van der Waals surface area (Å²) in [4.78, 5) is 61.9. The average molecular weight is 656 g/mol. The van der Waals surface area contributed by atoms with Gasteiger partial charge in [-0.25, -0.2) is 9.78 Å². The minimum Gasteiger partial charge on any atom is -0.444 e. The Morgan fingerprint density at radius 2 is 1.63 bits per heavy atom. The zero-order valence-electron chi connectivity index (χ0n) is 28.3. The summed E-state index contributed by atoms with van der Waals surface area (Å²) >= 11 is 1.58. The molecule has 2 fully saturated rings. The van der Waals surface area contributed by atoms with E-state index in [1.165, 1.54) is 4.90 Å². The summed E-state index contributed by atoms with van der Waals surface area (Å²) in [5.74, 6) is -1.38. The van der Waals surface area contributed by atoms with Crippen LogP contribution in [0.4, 0.5) is 4.79 Å². The van der Waals surface area contributed by atoms with Gasteiger partial charge in [0, 0.05) is 32.0 Å². The molecule has 2 saturated heterocycles. The van der Waals surface area contributed by atoms with Crippen molar-refractivity contribution in [1.82, 2.24) is 25.4 Å². The van der Waals surface area contributed by atoms with Crippen LogP contribution in [0, 0.1) is 18.3 Å². The highest BCUT2D eigenvalue weighted by molar-refractivity contribution is 7.13. The van der Waals surface area contributed by atoms with Gasteiger partial charge in [0.25, 0.3) is 0 Å². The summed E-state index contributed by atoms with van der Waals surface area (Å²) in [6.45, 7) is 15.7. The normalized spacial score (nSPS) is 20.6. The molecule has 46 heavy (non-hydrogen) atoms. The molecule has 0 spiro atoms. The first-order valence-electron chi connectivity index (χ1n) is 16.0. The maximum atomic E-state index is 14.0. The van der Waals surface area contributed by atoms with Crippen LogP contribution >= 0.6 is 11.3 Å². The van der Waals surface area contributed by atoms with Crippen molar-refractivity contribution in [2.75, 3.05) is 19.6 Å². The van der Waals surface area contributed by atoms with E-state index in [-0.39, 0.29) is 36.7 Å². The van der Waals surface area contributed by atoms with Crippen LogP contribution in [0.3, 0.4) is 0 Å². The van der Waals surface area contributed by atoms with Gasteiger partial charge in [-0.05, 0) is 64.0 Å². The maximum Gasteiger partial charge on any atom is 0.410 e.